The molecule has 0 saturated carbocycles. The lowest BCUT2D eigenvalue weighted by atomic mass is 9.90. The molecule has 0 fully saturated rings. The second-order valence-electron chi connectivity index (χ2n) is 13.0. The second-order valence-corrected chi connectivity index (χ2v) is 13.0. The molecular formula is C48H36N4. The van der Waals surface area contributed by atoms with Crippen molar-refractivity contribution in [1.82, 2.24) is 15.0 Å². The van der Waals surface area contributed by atoms with Crippen molar-refractivity contribution in [1.29, 1.82) is 0 Å². The van der Waals surface area contributed by atoms with Gasteiger partial charge >= 0.3 is 0 Å². The zero-order valence-corrected chi connectivity index (χ0v) is 29.2. The van der Waals surface area contributed by atoms with E-state index >= 15 is 0 Å². The summed E-state index contributed by atoms with van der Waals surface area (Å²) < 4.78 is 0. The fourth-order valence-electron chi connectivity index (χ4n) is 6.72. The lowest BCUT2D eigenvalue weighted by Crippen LogP contribution is -2.01. The van der Waals surface area contributed by atoms with Gasteiger partial charge in [0.1, 0.15) is 0 Å². The van der Waals surface area contributed by atoms with E-state index in [2.05, 4.69) is 178 Å². The molecule has 0 bridgehead atoms. The first-order valence-electron chi connectivity index (χ1n) is 17.4. The number of nitrogens with zero attached hydrogens (tertiary/aromatic N) is 4. The molecule has 0 spiro atoms. The largest absolute Gasteiger partial charge is 0.257 e. The van der Waals surface area contributed by atoms with E-state index in [1.165, 1.54) is 32.7 Å². The Kier molecular flexibility index (Phi) is 8.64. The minimum Gasteiger partial charge on any atom is -0.257 e. The smallest absolute Gasteiger partial charge is 0.164 e. The third-order valence-corrected chi connectivity index (χ3v) is 9.46. The van der Waals surface area contributed by atoms with Crippen molar-refractivity contribution in [2.45, 2.75) is 13.8 Å². The fourth-order valence-corrected chi connectivity index (χ4v) is 6.72. The van der Waals surface area contributed by atoms with E-state index in [1.54, 1.807) is 12.3 Å². The third-order valence-electron chi connectivity index (χ3n) is 9.46. The van der Waals surface area contributed by atoms with E-state index in [-0.39, 0.29) is 0 Å². The van der Waals surface area contributed by atoms with E-state index in [0.717, 1.165) is 50.2 Å². The number of aromatic nitrogens is 3. The zero-order chi connectivity index (χ0) is 35.6. The van der Waals surface area contributed by atoms with E-state index < -0.39 is 0 Å². The quantitative estimate of drug-likeness (QED) is 0.120. The number of rotatable bonds is 8. The topological polar surface area (TPSA) is 51.0 Å². The molecule has 0 aliphatic heterocycles. The van der Waals surface area contributed by atoms with Gasteiger partial charge in [0.15, 0.2) is 17.5 Å². The predicted molar refractivity (Wildman–Crippen MR) is 218 cm³/mol. The molecule has 7 aromatic carbocycles. The molecule has 0 atom stereocenters. The fraction of sp³-hybridized carbons (Fsp3) is 0.0417. The van der Waals surface area contributed by atoms with Crippen LogP contribution in [0.5, 0.6) is 0 Å². The monoisotopic (exact) mass is 668 g/mol. The summed E-state index contributed by atoms with van der Waals surface area (Å²) in [6.07, 6.45) is 3.29. The summed E-state index contributed by atoms with van der Waals surface area (Å²) in [6.45, 7) is 11.9. The highest BCUT2D eigenvalue weighted by Gasteiger charge is 2.17. The molecule has 4 heteroatoms. The van der Waals surface area contributed by atoms with Crippen molar-refractivity contribution in [2.24, 2.45) is 4.99 Å². The lowest BCUT2D eigenvalue weighted by molar-refractivity contribution is 1.07. The van der Waals surface area contributed by atoms with Crippen molar-refractivity contribution in [2.75, 3.05) is 0 Å². The van der Waals surface area contributed by atoms with Crippen molar-refractivity contribution in [3.05, 3.63) is 188 Å². The van der Waals surface area contributed by atoms with Crippen molar-refractivity contribution < 1.29 is 0 Å². The molecule has 1 aromatic heterocycles. The molecule has 0 radical (unpaired) electrons. The van der Waals surface area contributed by atoms with Gasteiger partial charge in [0.05, 0.1) is 5.71 Å². The average molecular weight is 669 g/mol. The first-order chi connectivity index (χ1) is 25.5. The van der Waals surface area contributed by atoms with Gasteiger partial charge in [-0.05, 0) is 88.0 Å². The standard InChI is InChI=1S/C48H36N4/c1-5-45(49-6-2)34-25-23-33(24-26-34)38-27-39(44-30-37-11-7-8-12-41(37)42-13-9-10-14-43(42)44)29-40(28-38)48-51-46(35-19-15-31(3)16-20-35)50-47(52-48)36-21-17-32(4)18-22-36/h5-30H,1-2H2,3-4H3. The molecule has 0 amide bonds. The first kappa shape index (κ1) is 32.4. The summed E-state index contributed by atoms with van der Waals surface area (Å²) in [5.74, 6) is 1.87. The van der Waals surface area contributed by atoms with Gasteiger partial charge < -0.3 is 0 Å². The summed E-state index contributed by atoms with van der Waals surface area (Å²) in [5, 5.41) is 4.83. The molecule has 0 aliphatic rings. The average Bonchev–Trinajstić information content (AvgIpc) is 3.20. The van der Waals surface area contributed by atoms with Crippen molar-refractivity contribution in [3.63, 3.8) is 0 Å². The van der Waals surface area contributed by atoms with E-state index in [1.807, 2.05) is 0 Å². The number of hydrogen-bond acceptors (Lipinski definition) is 4. The van der Waals surface area contributed by atoms with Crippen molar-refractivity contribution in [3.8, 4) is 56.4 Å². The predicted octanol–water partition coefficient (Wildman–Crippen LogP) is 12.2. The summed E-state index contributed by atoms with van der Waals surface area (Å²) in [4.78, 5) is 19.7. The number of benzene rings is 7. The van der Waals surface area contributed by atoms with Crippen LogP contribution in [0.2, 0.25) is 0 Å². The first-order valence-corrected chi connectivity index (χ1v) is 17.4. The van der Waals surface area contributed by atoms with Crippen LogP contribution >= 0.6 is 0 Å². The summed E-state index contributed by atoms with van der Waals surface area (Å²) in [6, 6.07) is 51.3. The van der Waals surface area contributed by atoms with Crippen LogP contribution in [-0.4, -0.2) is 20.7 Å². The van der Waals surface area contributed by atoms with Gasteiger partial charge in [-0.15, -0.1) is 0 Å². The molecule has 248 valence electrons. The maximum Gasteiger partial charge on any atom is 0.164 e. The Morgan fingerprint density at radius 2 is 0.981 bits per heavy atom. The molecule has 0 N–H and O–H groups in total. The minimum absolute atomic E-state index is 0.609. The Bertz CT molecular complexity index is 2590. The summed E-state index contributed by atoms with van der Waals surface area (Å²) >= 11 is 0. The number of allylic oxidation sites excluding steroid dienone is 1. The van der Waals surface area contributed by atoms with Crippen molar-refractivity contribution >= 4 is 27.3 Å². The second kappa shape index (κ2) is 13.9. The van der Waals surface area contributed by atoms with Crippen LogP contribution in [-0.2, 0) is 0 Å². The van der Waals surface area contributed by atoms with Gasteiger partial charge in [0, 0.05) is 28.5 Å². The number of aliphatic imine (C=N–C) groups is 1. The Morgan fingerprint density at radius 1 is 0.481 bits per heavy atom. The molecular weight excluding hydrogens is 633 g/mol. The molecule has 0 aliphatic carbocycles. The Balaban J connectivity index is 1.38. The van der Waals surface area contributed by atoms with Gasteiger partial charge in [-0.25, -0.2) is 15.0 Å². The van der Waals surface area contributed by atoms with Gasteiger partial charge in [-0.2, -0.15) is 0 Å². The van der Waals surface area contributed by atoms with Crippen LogP contribution in [0.25, 0.3) is 78.0 Å². The summed E-state index contributed by atoms with van der Waals surface area (Å²) in [5.41, 5.74) is 11.2. The van der Waals surface area contributed by atoms with Gasteiger partial charge in [0.2, 0.25) is 0 Å². The van der Waals surface area contributed by atoms with Crippen LogP contribution in [0, 0.1) is 13.8 Å². The van der Waals surface area contributed by atoms with Crippen LogP contribution in [0.4, 0.5) is 0 Å². The molecule has 0 saturated heterocycles. The Hall–Kier alpha value is -6.78. The van der Waals surface area contributed by atoms with Crippen LogP contribution in [0.3, 0.4) is 0 Å². The Labute approximate surface area is 304 Å². The van der Waals surface area contributed by atoms with E-state index in [0.29, 0.717) is 17.5 Å². The van der Waals surface area contributed by atoms with Crippen LogP contribution in [0.1, 0.15) is 16.7 Å². The number of hydrogen-bond donors (Lipinski definition) is 0. The van der Waals surface area contributed by atoms with E-state index in [4.69, 9.17) is 15.0 Å². The Morgan fingerprint density at radius 3 is 1.58 bits per heavy atom. The maximum atomic E-state index is 5.14. The number of fused-ring (bicyclic) bond motifs is 3. The maximum absolute atomic E-state index is 5.14. The lowest BCUT2D eigenvalue weighted by Gasteiger charge is -2.15. The summed E-state index contributed by atoms with van der Waals surface area (Å²) in [7, 11) is 0. The third kappa shape index (κ3) is 6.34. The normalized spacial score (nSPS) is 11.5. The van der Waals surface area contributed by atoms with Gasteiger partial charge in [-0.1, -0.05) is 146 Å². The number of aryl methyl sites for hydroxylation is 2. The molecule has 8 rings (SSSR count). The molecule has 52 heavy (non-hydrogen) atoms. The van der Waals surface area contributed by atoms with E-state index in [9.17, 15) is 0 Å². The highest BCUT2D eigenvalue weighted by Crippen LogP contribution is 2.39. The highest BCUT2D eigenvalue weighted by molar-refractivity contribution is 6.14. The molecule has 4 nitrogen and oxygen atoms in total. The zero-order valence-electron chi connectivity index (χ0n) is 29.2. The van der Waals surface area contributed by atoms with Crippen LogP contribution in [0.15, 0.2) is 176 Å². The molecule has 1 heterocycles. The minimum atomic E-state index is 0.609. The van der Waals surface area contributed by atoms with Gasteiger partial charge in [-0.3, -0.25) is 4.99 Å². The molecule has 0 unspecified atom stereocenters. The highest BCUT2D eigenvalue weighted by atomic mass is 15.0. The van der Waals surface area contributed by atoms with Gasteiger partial charge in [0.25, 0.3) is 0 Å². The molecule has 8 aromatic rings. The SMILES string of the molecule is C=CN=C(C=C)c1ccc(-c2cc(-c3nc(-c4ccc(C)cc4)nc(-c4ccc(C)cc4)n3)cc(-c3cc4ccccc4c4ccccc34)c2)cc1. The van der Waals surface area contributed by atoms with Crippen LogP contribution < -0.4 is 0 Å².